The lowest BCUT2D eigenvalue weighted by Gasteiger charge is -2.74. The minimum atomic E-state index is -0.762. The normalized spacial score (nSPS) is 60.4. The van der Waals surface area contributed by atoms with E-state index in [1.807, 2.05) is 0 Å². The average molecular weight is 501 g/mol. The molecule has 0 amide bonds. The molecule has 0 radical (unpaired) electrons. The van der Waals surface area contributed by atoms with Crippen LogP contribution in [0, 0.1) is 56.7 Å². The van der Waals surface area contributed by atoms with Gasteiger partial charge in [-0.05, 0) is 91.3 Å². The molecule has 6 fully saturated rings. The van der Waals surface area contributed by atoms with Gasteiger partial charge in [-0.1, -0.05) is 48.5 Å². The summed E-state index contributed by atoms with van der Waals surface area (Å²) in [5.74, 6) is 1.44. The van der Waals surface area contributed by atoms with E-state index >= 15 is 0 Å². The second-order valence-electron chi connectivity index (χ2n) is 15.4. The summed E-state index contributed by atoms with van der Waals surface area (Å²) in [4.78, 5) is 13.8. The van der Waals surface area contributed by atoms with Gasteiger partial charge < -0.3 is 20.1 Å². The molecule has 0 aromatic heterocycles. The first-order valence-electron chi connectivity index (χ1n) is 14.6. The van der Waals surface area contributed by atoms with Crippen molar-refractivity contribution in [3.8, 4) is 0 Å². The van der Waals surface area contributed by atoms with Crippen LogP contribution in [0.5, 0.6) is 0 Å². The summed E-state index contributed by atoms with van der Waals surface area (Å²) < 4.78 is 6.75. The molecule has 5 saturated carbocycles. The van der Waals surface area contributed by atoms with Gasteiger partial charge in [0.05, 0.1) is 23.9 Å². The molecular weight excluding hydrogens is 452 g/mol. The van der Waals surface area contributed by atoms with Gasteiger partial charge in [0.25, 0.3) is 0 Å². The number of aliphatic hydroxyl groups is 3. The van der Waals surface area contributed by atoms with Crippen LogP contribution in [0.25, 0.3) is 0 Å². The predicted molar refractivity (Wildman–Crippen MR) is 138 cm³/mol. The molecule has 0 aromatic rings. The smallest absolute Gasteiger partial charge is 0.313 e. The number of fused-ring (bicyclic) bond motifs is 4. The quantitative estimate of drug-likeness (QED) is 0.290. The SMILES string of the molecule is CC1CCC23CCC4(C)C5(C)CCC6C(C)(C)C(O)C(O)CC6(C)C5CC(=CO)C4(OC2=O)C3C1C. The Morgan fingerprint density at radius 1 is 0.944 bits per heavy atom. The molecule has 1 heterocycles. The van der Waals surface area contributed by atoms with E-state index in [1.54, 1.807) is 0 Å². The van der Waals surface area contributed by atoms with Crippen LogP contribution in [0.4, 0.5) is 0 Å². The van der Waals surface area contributed by atoms with E-state index in [4.69, 9.17) is 4.74 Å². The van der Waals surface area contributed by atoms with E-state index in [1.165, 1.54) is 6.26 Å². The number of esters is 1. The van der Waals surface area contributed by atoms with Gasteiger partial charge in [-0.15, -0.1) is 0 Å². The van der Waals surface area contributed by atoms with Gasteiger partial charge >= 0.3 is 5.97 Å². The lowest BCUT2D eigenvalue weighted by molar-refractivity contribution is -0.279. The Hall–Kier alpha value is -1.07. The van der Waals surface area contributed by atoms with Crippen LogP contribution >= 0.6 is 0 Å². The van der Waals surface area contributed by atoms with Crippen molar-refractivity contribution in [2.24, 2.45) is 56.7 Å². The zero-order chi connectivity index (χ0) is 26.3. The maximum Gasteiger partial charge on any atom is 0.313 e. The Bertz CT molecular complexity index is 1020. The first-order chi connectivity index (χ1) is 16.7. The van der Waals surface area contributed by atoms with E-state index in [2.05, 4.69) is 48.5 Å². The van der Waals surface area contributed by atoms with Crippen molar-refractivity contribution in [1.82, 2.24) is 0 Å². The first-order valence-corrected chi connectivity index (χ1v) is 14.6. The molecule has 1 aliphatic heterocycles. The minimum Gasteiger partial charge on any atom is -0.515 e. The van der Waals surface area contributed by atoms with Gasteiger partial charge in [0.15, 0.2) is 0 Å². The molecule has 202 valence electrons. The molecule has 0 aromatic carbocycles. The fourth-order valence-corrected chi connectivity index (χ4v) is 12.2. The largest absolute Gasteiger partial charge is 0.515 e. The summed E-state index contributed by atoms with van der Waals surface area (Å²) >= 11 is 0. The van der Waals surface area contributed by atoms with Crippen molar-refractivity contribution in [2.75, 3.05) is 0 Å². The highest BCUT2D eigenvalue weighted by atomic mass is 16.6. The van der Waals surface area contributed by atoms with Crippen LogP contribution < -0.4 is 0 Å². The van der Waals surface area contributed by atoms with Gasteiger partial charge in [-0.25, -0.2) is 0 Å². The van der Waals surface area contributed by atoms with E-state index in [0.717, 1.165) is 44.1 Å². The molecule has 1 spiro atoms. The zero-order valence-electron chi connectivity index (χ0n) is 23.4. The maximum absolute atomic E-state index is 13.8. The van der Waals surface area contributed by atoms with Crippen molar-refractivity contribution in [3.05, 3.63) is 11.8 Å². The molecule has 12 atom stereocenters. The van der Waals surface area contributed by atoms with Gasteiger partial charge in [0, 0.05) is 16.9 Å². The highest BCUT2D eigenvalue weighted by Crippen LogP contribution is 2.81. The average Bonchev–Trinajstić information content (AvgIpc) is 3.02. The van der Waals surface area contributed by atoms with Crippen LogP contribution in [0.15, 0.2) is 11.8 Å². The Morgan fingerprint density at radius 2 is 1.64 bits per heavy atom. The predicted octanol–water partition coefficient (Wildman–Crippen LogP) is 5.79. The molecule has 2 bridgehead atoms. The zero-order valence-corrected chi connectivity index (χ0v) is 23.4. The topological polar surface area (TPSA) is 87.0 Å². The van der Waals surface area contributed by atoms with Crippen molar-refractivity contribution < 1.29 is 24.9 Å². The third kappa shape index (κ3) is 2.41. The number of carbonyl (C=O) groups excluding carboxylic acids is 1. The lowest BCUT2D eigenvalue weighted by Crippen LogP contribution is -2.74. The Balaban J connectivity index is 1.54. The van der Waals surface area contributed by atoms with Gasteiger partial charge in [0.1, 0.15) is 5.60 Å². The third-order valence-corrected chi connectivity index (χ3v) is 14.4. The summed E-state index contributed by atoms with van der Waals surface area (Å²) in [6, 6.07) is 0. The van der Waals surface area contributed by atoms with Crippen LogP contribution in [0.2, 0.25) is 0 Å². The third-order valence-electron chi connectivity index (χ3n) is 14.4. The molecular formula is C31H48O5. The van der Waals surface area contributed by atoms with Crippen LogP contribution in [-0.2, 0) is 9.53 Å². The number of rotatable bonds is 0. The second kappa shape index (κ2) is 7.11. The molecule has 6 rings (SSSR count). The lowest BCUT2D eigenvalue weighted by atomic mass is 9.30. The number of carbonyl (C=O) groups is 1. The molecule has 6 aliphatic rings. The first kappa shape index (κ1) is 25.2. The molecule has 12 unspecified atom stereocenters. The van der Waals surface area contributed by atoms with E-state index in [0.29, 0.717) is 24.7 Å². The standard InChI is InChI=1S/C31H48O5/c1-17-8-11-30-13-12-29(7)28(6)10-9-21-26(3,4)24(34)20(33)15-27(21,5)22(28)14-19(16-32)31(29,36-25(30)35)23(30)18(17)2/h16-18,20-24,32-34H,8-15H2,1-7H3. The summed E-state index contributed by atoms with van der Waals surface area (Å²) in [6.45, 7) is 16.0. The molecule has 5 nitrogen and oxygen atoms in total. The fourth-order valence-electron chi connectivity index (χ4n) is 12.2. The Labute approximate surface area is 217 Å². The second-order valence-corrected chi connectivity index (χ2v) is 15.4. The molecule has 5 heteroatoms. The van der Waals surface area contributed by atoms with Crippen LogP contribution in [-0.4, -0.2) is 39.1 Å². The van der Waals surface area contributed by atoms with E-state index in [-0.39, 0.29) is 45.4 Å². The number of hydrogen-bond acceptors (Lipinski definition) is 5. The van der Waals surface area contributed by atoms with Crippen molar-refractivity contribution >= 4 is 5.97 Å². The van der Waals surface area contributed by atoms with Crippen molar-refractivity contribution in [2.45, 2.75) is 118 Å². The monoisotopic (exact) mass is 500 g/mol. The highest BCUT2D eigenvalue weighted by Gasteiger charge is 2.83. The number of aliphatic hydroxyl groups excluding tert-OH is 3. The van der Waals surface area contributed by atoms with Gasteiger partial charge in [-0.2, -0.15) is 0 Å². The molecule has 36 heavy (non-hydrogen) atoms. The van der Waals surface area contributed by atoms with E-state index < -0.39 is 23.2 Å². The summed E-state index contributed by atoms with van der Waals surface area (Å²) in [5, 5.41) is 33.0. The van der Waals surface area contributed by atoms with Gasteiger partial charge in [0.2, 0.25) is 0 Å². The minimum absolute atomic E-state index is 0.0198. The summed E-state index contributed by atoms with van der Waals surface area (Å²) in [6.07, 6.45) is 6.87. The Kier molecular flexibility index (Phi) is 4.98. The highest BCUT2D eigenvalue weighted by molar-refractivity contribution is 5.83. The summed E-state index contributed by atoms with van der Waals surface area (Å²) in [5.41, 5.74) is -1.26. The number of ether oxygens (including phenoxy) is 1. The molecule has 5 aliphatic carbocycles. The van der Waals surface area contributed by atoms with E-state index in [9.17, 15) is 20.1 Å². The fraction of sp³-hybridized carbons (Fsp3) is 0.903. The number of hydrogen-bond donors (Lipinski definition) is 3. The van der Waals surface area contributed by atoms with Crippen molar-refractivity contribution in [1.29, 1.82) is 0 Å². The van der Waals surface area contributed by atoms with Gasteiger partial charge in [-0.3, -0.25) is 4.79 Å². The molecule has 3 N–H and O–H groups in total. The summed E-state index contributed by atoms with van der Waals surface area (Å²) in [7, 11) is 0. The molecule has 1 saturated heterocycles. The van der Waals surface area contributed by atoms with Crippen LogP contribution in [0.1, 0.15) is 99.8 Å². The van der Waals surface area contributed by atoms with Crippen molar-refractivity contribution in [3.63, 3.8) is 0 Å². The van der Waals surface area contributed by atoms with Crippen LogP contribution in [0.3, 0.4) is 0 Å². The Morgan fingerprint density at radius 3 is 2.31 bits per heavy atom. The maximum atomic E-state index is 13.8.